The minimum Gasteiger partial charge on any atom is -0.481 e. The largest absolute Gasteiger partial charge is 0.481 e. The lowest BCUT2D eigenvalue weighted by Crippen LogP contribution is -2.41. The molecule has 0 aliphatic carbocycles. The van der Waals surface area contributed by atoms with Crippen LogP contribution < -0.4 is 10.1 Å². The van der Waals surface area contributed by atoms with Gasteiger partial charge in [-0.15, -0.1) is 0 Å². The second kappa shape index (κ2) is 8.48. The average molecular weight is 365 g/mol. The van der Waals surface area contributed by atoms with Crippen molar-refractivity contribution in [2.75, 3.05) is 18.9 Å². The third kappa shape index (κ3) is 5.76. The van der Waals surface area contributed by atoms with Crippen LogP contribution in [0.4, 0.5) is 10.1 Å². The number of hydrogen-bond donors (Lipinski definition) is 1. The summed E-state index contributed by atoms with van der Waals surface area (Å²) in [6.45, 7) is 1.45. The molecule has 1 atom stereocenters. The molecule has 1 N–H and O–H groups in total. The summed E-state index contributed by atoms with van der Waals surface area (Å²) in [6.07, 6.45) is -0.759. The van der Waals surface area contributed by atoms with Crippen LogP contribution in [0.1, 0.15) is 6.92 Å². The van der Waals surface area contributed by atoms with Crippen molar-refractivity contribution in [2.24, 2.45) is 0 Å². The van der Waals surface area contributed by atoms with Gasteiger partial charge in [-0.25, -0.2) is 4.39 Å². The molecule has 0 spiro atoms. The van der Waals surface area contributed by atoms with E-state index in [2.05, 4.69) is 5.32 Å². The fourth-order valence-electron chi connectivity index (χ4n) is 2.11. The lowest BCUT2D eigenvalue weighted by molar-refractivity contribution is -0.139. The van der Waals surface area contributed by atoms with Crippen molar-refractivity contribution in [2.45, 2.75) is 13.0 Å². The van der Waals surface area contributed by atoms with E-state index < -0.39 is 11.9 Å². The van der Waals surface area contributed by atoms with E-state index in [1.54, 1.807) is 31.2 Å². The zero-order valence-electron chi connectivity index (χ0n) is 13.8. The highest BCUT2D eigenvalue weighted by Gasteiger charge is 2.21. The fraction of sp³-hybridized carbons (Fsp3) is 0.222. The van der Waals surface area contributed by atoms with Gasteiger partial charge < -0.3 is 15.0 Å². The van der Waals surface area contributed by atoms with Crippen molar-refractivity contribution in [3.63, 3.8) is 0 Å². The Morgan fingerprint density at radius 2 is 1.76 bits per heavy atom. The van der Waals surface area contributed by atoms with Crippen LogP contribution in [0.15, 0.2) is 48.5 Å². The number of hydrogen-bond acceptors (Lipinski definition) is 3. The van der Waals surface area contributed by atoms with Gasteiger partial charge in [-0.2, -0.15) is 0 Å². The Balaban J connectivity index is 1.86. The molecule has 0 heterocycles. The van der Waals surface area contributed by atoms with Crippen LogP contribution in [0.25, 0.3) is 0 Å². The summed E-state index contributed by atoms with van der Waals surface area (Å²) < 4.78 is 18.4. The number of benzene rings is 2. The Morgan fingerprint density at radius 3 is 2.36 bits per heavy atom. The Kier molecular flexibility index (Phi) is 6.36. The van der Waals surface area contributed by atoms with E-state index in [1.807, 2.05) is 0 Å². The Bertz CT molecular complexity index is 735. The van der Waals surface area contributed by atoms with Crippen molar-refractivity contribution in [1.29, 1.82) is 0 Å². The molecule has 132 valence electrons. The molecule has 2 aromatic rings. The third-order valence-corrected chi connectivity index (χ3v) is 3.61. The third-order valence-electron chi connectivity index (χ3n) is 3.36. The number of anilines is 1. The van der Waals surface area contributed by atoms with E-state index in [0.29, 0.717) is 16.5 Å². The average Bonchev–Trinajstić information content (AvgIpc) is 2.58. The number of amides is 2. The Morgan fingerprint density at radius 1 is 1.16 bits per heavy atom. The molecule has 0 aliphatic heterocycles. The van der Waals surface area contributed by atoms with Gasteiger partial charge in [0.1, 0.15) is 11.6 Å². The van der Waals surface area contributed by atoms with Gasteiger partial charge in [-0.1, -0.05) is 11.6 Å². The fourth-order valence-corrected chi connectivity index (χ4v) is 2.23. The smallest absolute Gasteiger partial charge is 0.263 e. The highest BCUT2D eigenvalue weighted by atomic mass is 35.5. The quantitative estimate of drug-likeness (QED) is 0.855. The highest BCUT2D eigenvalue weighted by Crippen LogP contribution is 2.17. The molecule has 5 nitrogen and oxygen atoms in total. The van der Waals surface area contributed by atoms with Crippen LogP contribution in [0.3, 0.4) is 0 Å². The second-order valence-electron chi connectivity index (χ2n) is 5.46. The summed E-state index contributed by atoms with van der Waals surface area (Å²) >= 11 is 5.80. The summed E-state index contributed by atoms with van der Waals surface area (Å²) in [5, 5.41) is 3.17. The zero-order chi connectivity index (χ0) is 18.4. The number of nitrogens with zero attached hydrogens (tertiary/aromatic N) is 1. The summed E-state index contributed by atoms with van der Waals surface area (Å²) in [5.74, 6) is -0.613. The molecule has 2 aromatic carbocycles. The minimum absolute atomic E-state index is 0.148. The van der Waals surface area contributed by atoms with E-state index in [1.165, 1.54) is 36.2 Å². The molecule has 2 rings (SSSR count). The number of likely N-dealkylation sites (N-methyl/N-ethyl adjacent to an activating group) is 1. The maximum atomic E-state index is 12.8. The van der Waals surface area contributed by atoms with Crippen molar-refractivity contribution in [3.05, 3.63) is 59.4 Å². The lowest BCUT2D eigenvalue weighted by atomic mass is 10.3. The minimum atomic E-state index is -0.759. The van der Waals surface area contributed by atoms with Crippen LogP contribution in [-0.4, -0.2) is 36.4 Å². The molecule has 0 radical (unpaired) electrons. The van der Waals surface area contributed by atoms with Crippen LogP contribution in [0.5, 0.6) is 5.75 Å². The van der Waals surface area contributed by atoms with Crippen molar-refractivity contribution in [3.8, 4) is 5.75 Å². The predicted octanol–water partition coefficient (Wildman–Crippen LogP) is 3.34. The summed E-state index contributed by atoms with van der Waals surface area (Å²) in [5.41, 5.74) is 0.456. The molecular weight excluding hydrogens is 347 g/mol. The SMILES string of the molecule is C[C@@H](Oc1ccc(Cl)cc1)C(=O)N(C)CC(=O)Nc1ccc(F)cc1. The van der Waals surface area contributed by atoms with E-state index in [4.69, 9.17) is 16.3 Å². The Labute approximate surface area is 150 Å². The molecule has 0 saturated carbocycles. The van der Waals surface area contributed by atoms with Crippen molar-refractivity contribution in [1.82, 2.24) is 4.90 Å². The standard InChI is InChI=1S/C18H18ClFN2O3/c1-12(25-16-9-3-13(19)4-10-16)18(24)22(2)11-17(23)21-15-7-5-14(20)6-8-15/h3-10,12H,11H2,1-2H3,(H,21,23)/t12-/m1/s1. The zero-order valence-corrected chi connectivity index (χ0v) is 14.6. The number of ether oxygens (including phenoxy) is 1. The van der Waals surface area contributed by atoms with E-state index in [9.17, 15) is 14.0 Å². The van der Waals surface area contributed by atoms with Gasteiger partial charge in [0, 0.05) is 17.8 Å². The van der Waals surface area contributed by atoms with Crippen LogP contribution in [-0.2, 0) is 9.59 Å². The summed E-state index contributed by atoms with van der Waals surface area (Å²) in [7, 11) is 1.51. The van der Waals surface area contributed by atoms with Crippen molar-refractivity contribution >= 4 is 29.1 Å². The number of rotatable bonds is 6. The van der Waals surface area contributed by atoms with E-state index >= 15 is 0 Å². The molecule has 0 bridgehead atoms. The first kappa shape index (κ1) is 18.7. The molecule has 7 heteroatoms. The van der Waals surface area contributed by atoms with E-state index in [0.717, 1.165) is 0 Å². The highest BCUT2D eigenvalue weighted by molar-refractivity contribution is 6.30. The summed E-state index contributed by atoms with van der Waals surface area (Å²) in [4.78, 5) is 25.5. The lowest BCUT2D eigenvalue weighted by Gasteiger charge is -2.21. The predicted molar refractivity (Wildman–Crippen MR) is 94.2 cm³/mol. The van der Waals surface area contributed by atoms with Crippen LogP contribution in [0, 0.1) is 5.82 Å². The molecule has 0 fully saturated rings. The topological polar surface area (TPSA) is 58.6 Å². The van der Waals surface area contributed by atoms with Gasteiger partial charge >= 0.3 is 0 Å². The maximum Gasteiger partial charge on any atom is 0.263 e. The Hall–Kier alpha value is -2.60. The van der Waals surface area contributed by atoms with Gasteiger partial charge in [0.25, 0.3) is 5.91 Å². The number of nitrogens with one attached hydrogen (secondary N) is 1. The normalized spacial score (nSPS) is 11.5. The van der Waals surface area contributed by atoms with Crippen LogP contribution in [0.2, 0.25) is 5.02 Å². The summed E-state index contributed by atoms with van der Waals surface area (Å²) in [6, 6.07) is 12.0. The van der Waals surface area contributed by atoms with Gasteiger partial charge in [0.05, 0.1) is 6.54 Å². The molecule has 0 unspecified atom stereocenters. The first-order valence-electron chi connectivity index (χ1n) is 7.58. The first-order valence-corrected chi connectivity index (χ1v) is 7.95. The number of carbonyl (C=O) groups excluding carboxylic acids is 2. The second-order valence-corrected chi connectivity index (χ2v) is 5.90. The maximum absolute atomic E-state index is 12.8. The molecule has 0 saturated heterocycles. The molecule has 0 aliphatic rings. The van der Waals surface area contributed by atoms with Gasteiger partial charge in [-0.05, 0) is 55.5 Å². The molecule has 25 heavy (non-hydrogen) atoms. The number of carbonyl (C=O) groups is 2. The molecule has 0 aromatic heterocycles. The van der Waals surface area contributed by atoms with E-state index in [-0.39, 0.29) is 18.4 Å². The monoisotopic (exact) mass is 364 g/mol. The van der Waals surface area contributed by atoms with Gasteiger partial charge in [-0.3, -0.25) is 9.59 Å². The molecule has 2 amide bonds. The van der Waals surface area contributed by atoms with Crippen LogP contribution >= 0.6 is 11.6 Å². The number of halogens is 2. The van der Waals surface area contributed by atoms with Gasteiger partial charge in [0.15, 0.2) is 6.10 Å². The van der Waals surface area contributed by atoms with Gasteiger partial charge in [0.2, 0.25) is 5.91 Å². The first-order chi connectivity index (χ1) is 11.8. The molecular formula is C18H18ClFN2O3. The van der Waals surface area contributed by atoms with Crippen molar-refractivity contribution < 1.29 is 18.7 Å².